The van der Waals surface area contributed by atoms with Gasteiger partial charge in [0, 0.05) is 19.0 Å². The third-order valence-corrected chi connectivity index (χ3v) is 6.91. The molecule has 0 unspecified atom stereocenters. The molecular weight excluding hydrogens is 475 g/mol. The van der Waals surface area contributed by atoms with Crippen LogP contribution in [-0.4, -0.2) is 68.7 Å². The molecule has 1 N–H and O–H groups in total. The summed E-state index contributed by atoms with van der Waals surface area (Å²) >= 11 is 6.10. The van der Waals surface area contributed by atoms with Gasteiger partial charge in [-0.25, -0.2) is 4.39 Å². The standard InChI is InChI=1S/C22H21ClF3N5O3/c1-29(22(2-3-22)11-34-21(25)26)19(32)14-9-27-31-5-4-30(10-18(14)31)20(33)17-8-13-15(23)6-12(24)7-16(13)28-17/h6-9,21,28H,2-5,10-11H2,1H3. The smallest absolute Gasteiger partial charge is 0.345 e. The summed E-state index contributed by atoms with van der Waals surface area (Å²) in [5, 5.41) is 5.00. The minimum absolute atomic E-state index is 0.131. The van der Waals surface area contributed by atoms with Gasteiger partial charge in [0.2, 0.25) is 0 Å². The molecule has 0 spiro atoms. The third-order valence-electron chi connectivity index (χ3n) is 6.59. The van der Waals surface area contributed by atoms with E-state index in [1.165, 1.54) is 23.2 Å². The molecule has 1 saturated carbocycles. The Kier molecular flexibility index (Phi) is 5.56. The Labute approximate surface area is 197 Å². The van der Waals surface area contributed by atoms with Crippen molar-refractivity contribution in [2.45, 2.75) is 38.1 Å². The van der Waals surface area contributed by atoms with E-state index in [4.69, 9.17) is 11.6 Å². The quantitative estimate of drug-likeness (QED) is 0.566. The van der Waals surface area contributed by atoms with Gasteiger partial charge in [-0.2, -0.15) is 13.9 Å². The molecule has 1 fully saturated rings. The molecular formula is C22H21ClF3N5O3. The van der Waals surface area contributed by atoms with Gasteiger partial charge < -0.3 is 19.5 Å². The second kappa shape index (κ2) is 8.31. The Morgan fingerprint density at radius 1 is 1.29 bits per heavy atom. The lowest BCUT2D eigenvalue weighted by Crippen LogP contribution is -2.44. The molecule has 1 aliphatic heterocycles. The zero-order valence-corrected chi connectivity index (χ0v) is 18.9. The maximum Gasteiger partial charge on any atom is 0.345 e. The van der Waals surface area contributed by atoms with E-state index in [9.17, 15) is 22.8 Å². The maximum absolute atomic E-state index is 13.7. The predicted octanol–water partition coefficient (Wildman–Crippen LogP) is 3.66. The molecule has 2 amide bonds. The summed E-state index contributed by atoms with van der Waals surface area (Å²) < 4.78 is 44.8. The highest BCUT2D eigenvalue weighted by atomic mass is 35.5. The number of fused-ring (bicyclic) bond motifs is 2. The molecule has 0 radical (unpaired) electrons. The molecule has 1 aliphatic carbocycles. The molecule has 3 aromatic rings. The van der Waals surface area contributed by atoms with Crippen molar-refractivity contribution in [3.8, 4) is 0 Å². The van der Waals surface area contributed by atoms with Gasteiger partial charge in [0.25, 0.3) is 11.8 Å². The highest BCUT2D eigenvalue weighted by Crippen LogP contribution is 2.42. The topological polar surface area (TPSA) is 83.5 Å². The molecule has 0 bridgehead atoms. The van der Waals surface area contributed by atoms with E-state index in [1.54, 1.807) is 22.7 Å². The summed E-state index contributed by atoms with van der Waals surface area (Å²) in [5.74, 6) is -1.20. The summed E-state index contributed by atoms with van der Waals surface area (Å²) in [6.45, 7) is -2.27. The Balaban J connectivity index is 1.36. The van der Waals surface area contributed by atoms with Crippen LogP contribution in [0.2, 0.25) is 5.02 Å². The van der Waals surface area contributed by atoms with Crippen molar-refractivity contribution in [2.75, 3.05) is 20.2 Å². The molecule has 2 aromatic heterocycles. The molecule has 0 atom stereocenters. The Morgan fingerprint density at radius 3 is 2.76 bits per heavy atom. The highest BCUT2D eigenvalue weighted by Gasteiger charge is 2.50. The van der Waals surface area contributed by atoms with Crippen molar-refractivity contribution in [1.29, 1.82) is 0 Å². The van der Waals surface area contributed by atoms with Crippen LogP contribution >= 0.6 is 11.6 Å². The second-order valence-corrected chi connectivity index (χ2v) is 9.05. The SMILES string of the molecule is CN(C(=O)c1cnn2c1CN(C(=O)c1cc3c(Cl)cc(F)cc3[nH]1)CC2)C1(COC(F)F)CC1. The first-order valence-corrected chi connectivity index (χ1v) is 11.1. The lowest BCUT2D eigenvalue weighted by Gasteiger charge is -2.30. The largest absolute Gasteiger partial charge is 0.350 e. The summed E-state index contributed by atoms with van der Waals surface area (Å²) in [6.07, 6.45) is 2.58. The molecule has 34 heavy (non-hydrogen) atoms. The molecule has 1 aromatic carbocycles. The number of carbonyl (C=O) groups is 2. The van der Waals surface area contributed by atoms with Crippen LogP contribution in [0.1, 0.15) is 39.4 Å². The first-order chi connectivity index (χ1) is 16.2. The molecule has 2 aliphatic rings. The number of halogens is 4. The van der Waals surface area contributed by atoms with Crippen molar-refractivity contribution in [3.05, 3.63) is 52.2 Å². The third kappa shape index (κ3) is 3.92. The fraction of sp³-hybridized carbons (Fsp3) is 0.409. The predicted molar refractivity (Wildman–Crippen MR) is 116 cm³/mol. The molecule has 12 heteroatoms. The van der Waals surface area contributed by atoms with Gasteiger partial charge >= 0.3 is 6.61 Å². The molecule has 180 valence electrons. The van der Waals surface area contributed by atoms with E-state index in [0.717, 1.165) is 0 Å². The number of ether oxygens (including phenoxy) is 1. The van der Waals surface area contributed by atoms with Crippen molar-refractivity contribution < 1.29 is 27.5 Å². The highest BCUT2D eigenvalue weighted by molar-refractivity contribution is 6.35. The number of likely N-dealkylation sites (N-methyl/N-ethyl adjacent to an activating group) is 1. The average Bonchev–Trinajstić information content (AvgIpc) is 3.28. The molecule has 0 saturated heterocycles. The molecule has 3 heterocycles. The minimum Gasteiger partial charge on any atom is -0.350 e. The van der Waals surface area contributed by atoms with Crippen molar-refractivity contribution >= 4 is 34.3 Å². The normalized spacial score (nSPS) is 16.7. The number of aromatic amines is 1. The van der Waals surface area contributed by atoms with Crippen molar-refractivity contribution in [2.24, 2.45) is 0 Å². The number of hydrogen-bond donors (Lipinski definition) is 1. The van der Waals surface area contributed by atoms with Gasteiger partial charge in [0.1, 0.15) is 11.5 Å². The van der Waals surface area contributed by atoms with Gasteiger partial charge in [0.05, 0.1) is 53.2 Å². The maximum atomic E-state index is 13.7. The van der Waals surface area contributed by atoms with Gasteiger partial charge in [0.15, 0.2) is 0 Å². The van der Waals surface area contributed by atoms with E-state index in [2.05, 4.69) is 14.8 Å². The Bertz CT molecular complexity index is 1290. The lowest BCUT2D eigenvalue weighted by molar-refractivity contribution is -0.141. The van der Waals surface area contributed by atoms with Crippen LogP contribution in [0.25, 0.3) is 10.9 Å². The monoisotopic (exact) mass is 495 g/mol. The Morgan fingerprint density at radius 2 is 2.06 bits per heavy atom. The Hall–Kier alpha value is -3.05. The number of nitrogens with zero attached hydrogens (tertiary/aromatic N) is 4. The molecule has 8 nitrogen and oxygen atoms in total. The van der Waals surface area contributed by atoms with Crippen LogP contribution in [0.5, 0.6) is 0 Å². The number of nitrogens with one attached hydrogen (secondary N) is 1. The van der Waals surface area contributed by atoms with Crippen LogP contribution in [0.15, 0.2) is 24.4 Å². The second-order valence-electron chi connectivity index (χ2n) is 8.65. The fourth-order valence-electron chi connectivity index (χ4n) is 4.38. The van der Waals surface area contributed by atoms with Crippen LogP contribution in [0, 0.1) is 5.82 Å². The summed E-state index contributed by atoms with van der Waals surface area (Å²) in [6, 6.07) is 4.02. The number of H-pyrrole nitrogens is 1. The zero-order chi connectivity index (χ0) is 24.2. The van der Waals surface area contributed by atoms with Gasteiger partial charge in [-0.1, -0.05) is 11.6 Å². The number of rotatable bonds is 6. The lowest BCUT2D eigenvalue weighted by atomic mass is 10.1. The fourth-order valence-corrected chi connectivity index (χ4v) is 4.64. The van der Waals surface area contributed by atoms with Crippen molar-refractivity contribution in [1.82, 2.24) is 24.6 Å². The zero-order valence-electron chi connectivity index (χ0n) is 18.2. The number of aromatic nitrogens is 3. The number of hydrogen-bond acceptors (Lipinski definition) is 4. The minimum atomic E-state index is -2.90. The van der Waals surface area contributed by atoms with E-state index in [1.807, 2.05) is 0 Å². The molecule has 5 rings (SSSR count). The first-order valence-electron chi connectivity index (χ1n) is 10.7. The summed E-state index contributed by atoms with van der Waals surface area (Å²) in [7, 11) is 1.56. The van der Waals surface area contributed by atoms with E-state index >= 15 is 0 Å². The van der Waals surface area contributed by atoms with Crippen molar-refractivity contribution in [3.63, 3.8) is 0 Å². The van der Waals surface area contributed by atoms with Gasteiger partial charge in [-0.3, -0.25) is 14.3 Å². The van der Waals surface area contributed by atoms with Crippen LogP contribution in [0.3, 0.4) is 0 Å². The van der Waals surface area contributed by atoms with E-state index < -0.39 is 18.0 Å². The summed E-state index contributed by atoms with van der Waals surface area (Å²) in [5.41, 5.74) is 0.772. The number of benzene rings is 1. The van der Waals surface area contributed by atoms with Gasteiger partial charge in [-0.05, 0) is 31.0 Å². The average molecular weight is 496 g/mol. The number of amides is 2. The number of alkyl halides is 2. The van der Waals surface area contributed by atoms with Gasteiger partial charge in [-0.15, -0.1) is 0 Å². The van der Waals surface area contributed by atoms with E-state index in [-0.39, 0.29) is 35.7 Å². The van der Waals surface area contributed by atoms with Crippen LogP contribution in [0.4, 0.5) is 13.2 Å². The first kappa shape index (κ1) is 22.7. The summed E-state index contributed by atoms with van der Waals surface area (Å²) in [4.78, 5) is 32.3. The van der Waals surface area contributed by atoms with Crippen LogP contribution in [-0.2, 0) is 17.8 Å². The number of carbonyl (C=O) groups excluding carboxylic acids is 2. The van der Waals surface area contributed by atoms with Crippen LogP contribution < -0.4 is 0 Å². The van der Waals surface area contributed by atoms with E-state index in [0.29, 0.717) is 48.1 Å².